The topological polar surface area (TPSA) is 26.3 Å². The van der Waals surface area contributed by atoms with E-state index in [1.807, 2.05) is 13.8 Å². The molecular weight excluding hydrogens is 282 g/mol. The highest BCUT2D eigenvalue weighted by atomic mass is 35.5. The minimum Gasteiger partial charge on any atom is -0.466 e. The van der Waals surface area contributed by atoms with Gasteiger partial charge in [0.15, 0.2) is 0 Å². The maximum absolute atomic E-state index is 11.7. The van der Waals surface area contributed by atoms with Crippen molar-refractivity contribution in [1.82, 2.24) is 0 Å². The maximum Gasteiger partial charge on any atom is 0.310 e. The van der Waals surface area contributed by atoms with E-state index in [2.05, 4.69) is 0 Å². The summed E-state index contributed by atoms with van der Waals surface area (Å²) in [6, 6.07) is 0. The second kappa shape index (κ2) is 5.64. The Morgan fingerprint density at radius 1 is 1.35 bits per heavy atom. The van der Waals surface area contributed by atoms with Gasteiger partial charge in [-0.3, -0.25) is 4.79 Å². The Bertz CT molecular complexity index is 368. The van der Waals surface area contributed by atoms with Gasteiger partial charge >= 0.3 is 5.97 Å². The summed E-state index contributed by atoms with van der Waals surface area (Å²) < 4.78 is 5.11. The van der Waals surface area contributed by atoms with Crippen LogP contribution in [0.2, 0.25) is 0 Å². The smallest absolute Gasteiger partial charge is 0.310 e. The van der Waals surface area contributed by atoms with Crippen LogP contribution in [0.1, 0.15) is 20.8 Å². The van der Waals surface area contributed by atoms with E-state index in [1.165, 1.54) is 6.08 Å². The first-order chi connectivity index (χ1) is 7.80. The van der Waals surface area contributed by atoms with Crippen LogP contribution in [0.4, 0.5) is 0 Å². The molecule has 0 saturated heterocycles. The summed E-state index contributed by atoms with van der Waals surface area (Å²) in [6.45, 7) is 6.20. The third-order valence-corrected chi connectivity index (χ3v) is 3.49. The standard InChI is InChI=1S/C12H15Cl3O2/c1-4-17-11(16)10-8(12(10,2)3)5-7(13)6-9(14)15/h5-6,8,10H,4H2,1-3H3. The lowest BCUT2D eigenvalue weighted by atomic mass is 10.1. The van der Waals surface area contributed by atoms with Gasteiger partial charge in [-0.15, -0.1) is 0 Å². The third-order valence-electron chi connectivity index (χ3n) is 3.04. The number of rotatable bonds is 4. The predicted octanol–water partition coefficient (Wildman–Crippen LogP) is 4.26. The van der Waals surface area contributed by atoms with Crippen LogP contribution in [-0.4, -0.2) is 12.6 Å². The van der Waals surface area contributed by atoms with Gasteiger partial charge in [0.05, 0.1) is 12.5 Å². The Hall–Kier alpha value is -0.180. The molecule has 0 aromatic rings. The van der Waals surface area contributed by atoms with Crippen LogP contribution in [0.3, 0.4) is 0 Å². The van der Waals surface area contributed by atoms with Crippen molar-refractivity contribution in [2.75, 3.05) is 6.61 Å². The summed E-state index contributed by atoms with van der Waals surface area (Å²) in [5.41, 5.74) is -0.126. The first kappa shape index (κ1) is 14.9. The quantitative estimate of drug-likeness (QED) is 0.572. The lowest BCUT2D eigenvalue weighted by Gasteiger charge is -2.01. The monoisotopic (exact) mass is 296 g/mol. The van der Waals surface area contributed by atoms with Crippen molar-refractivity contribution in [2.24, 2.45) is 17.3 Å². The van der Waals surface area contributed by atoms with E-state index in [9.17, 15) is 4.79 Å². The fraction of sp³-hybridized carbons (Fsp3) is 0.583. The van der Waals surface area contributed by atoms with Crippen molar-refractivity contribution in [3.63, 3.8) is 0 Å². The fourth-order valence-electron chi connectivity index (χ4n) is 1.99. The van der Waals surface area contributed by atoms with Gasteiger partial charge in [-0.25, -0.2) is 0 Å². The Morgan fingerprint density at radius 3 is 2.41 bits per heavy atom. The molecule has 17 heavy (non-hydrogen) atoms. The van der Waals surface area contributed by atoms with Gasteiger partial charge in [0.25, 0.3) is 0 Å². The van der Waals surface area contributed by atoms with Crippen molar-refractivity contribution in [1.29, 1.82) is 0 Å². The second-order valence-corrected chi connectivity index (χ2v) is 6.01. The average Bonchev–Trinajstić information content (AvgIpc) is 2.66. The number of carbonyl (C=O) groups excluding carboxylic acids is 1. The molecule has 0 spiro atoms. The first-order valence-corrected chi connectivity index (χ1v) is 6.50. The zero-order valence-corrected chi connectivity index (χ0v) is 12.2. The maximum atomic E-state index is 11.7. The SMILES string of the molecule is CCOC(=O)C1C(C=C(Cl)C=C(Cl)Cl)C1(C)C. The number of halogens is 3. The number of ether oxygens (including phenoxy) is 1. The zero-order chi connectivity index (χ0) is 13.2. The Morgan fingerprint density at radius 2 is 1.94 bits per heavy atom. The van der Waals surface area contributed by atoms with Gasteiger partial charge in [-0.2, -0.15) is 0 Å². The molecule has 2 unspecified atom stereocenters. The molecule has 5 heteroatoms. The fourth-order valence-corrected chi connectivity index (χ4v) is 2.59. The van der Waals surface area contributed by atoms with Crippen LogP contribution in [0, 0.1) is 17.3 Å². The second-order valence-electron chi connectivity index (χ2n) is 4.56. The molecule has 0 bridgehead atoms. The Labute approximate surface area is 117 Å². The molecule has 1 aliphatic carbocycles. The van der Waals surface area contributed by atoms with E-state index in [-0.39, 0.29) is 27.7 Å². The van der Waals surface area contributed by atoms with Gasteiger partial charge in [0, 0.05) is 5.03 Å². The highest BCUT2D eigenvalue weighted by Gasteiger charge is 2.61. The summed E-state index contributed by atoms with van der Waals surface area (Å²) in [7, 11) is 0. The van der Waals surface area contributed by atoms with Crippen LogP contribution in [-0.2, 0) is 9.53 Å². The molecule has 0 N–H and O–H groups in total. The minimum absolute atomic E-state index is 0.0676. The number of esters is 1. The normalized spacial score (nSPS) is 26.4. The minimum atomic E-state index is -0.177. The Kier molecular flexibility index (Phi) is 4.94. The van der Waals surface area contributed by atoms with Crippen LogP contribution in [0.25, 0.3) is 0 Å². The third kappa shape index (κ3) is 3.64. The Balaban J connectivity index is 2.75. The van der Waals surface area contributed by atoms with Crippen molar-refractivity contribution >= 4 is 40.8 Å². The van der Waals surface area contributed by atoms with Crippen molar-refractivity contribution < 1.29 is 9.53 Å². The molecule has 96 valence electrons. The molecule has 0 amide bonds. The summed E-state index contributed by atoms with van der Waals surface area (Å²) in [4.78, 5) is 11.7. The molecule has 0 aromatic heterocycles. The lowest BCUT2D eigenvalue weighted by molar-refractivity contribution is -0.145. The molecule has 0 aliphatic heterocycles. The van der Waals surface area contributed by atoms with Gasteiger partial charge in [-0.1, -0.05) is 54.7 Å². The zero-order valence-electron chi connectivity index (χ0n) is 9.97. The van der Waals surface area contributed by atoms with Crippen molar-refractivity contribution in [3.8, 4) is 0 Å². The first-order valence-electron chi connectivity index (χ1n) is 5.37. The van der Waals surface area contributed by atoms with Crippen LogP contribution in [0.15, 0.2) is 21.7 Å². The van der Waals surface area contributed by atoms with Gasteiger partial charge in [0.2, 0.25) is 0 Å². The van der Waals surface area contributed by atoms with E-state index < -0.39 is 0 Å². The number of hydrogen-bond donors (Lipinski definition) is 0. The number of carbonyl (C=O) groups is 1. The molecule has 1 saturated carbocycles. The lowest BCUT2D eigenvalue weighted by Crippen LogP contribution is -2.10. The molecule has 0 radical (unpaired) electrons. The molecule has 0 aromatic carbocycles. The van der Waals surface area contributed by atoms with E-state index in [0.29, 0.717) is 11.6 Å². The largest absolute Gasteiger partial charge is 0.466 e. The number of allylic oxidation sites excluding steroid dienone is 3. The van der Waals surface area contributed by atoms with Crippen molar-refractivity contribution in [2.45, 2.75) is 20.8 Å². The van der Waals surface area contributed by atoms with E-state index in [1.54, 1.807) is 13.0 Å². The molecule has 1 rings (SSSR count). The van der Waals surface area contributed by atoms with Crippen LogP contribution in [0.5, 0.6) is 0 Å². The van der Waals surface area contributed by atoms with Gasteiger partial charge in [-0.05, 0) is 24.3 Å². The van der Waals surface area contributed by atoms with E-state index in [4.69, 9.17) is 39.5 Å². The highest BCUT2D eigenvalue weighted by molar-refractivity contribution is 6.56. The van der Waals surface area contributed by atoms with Crippen LogP contribution >= 0.6 is 34.8 Å². The molecule has 1 fully saturated rings. The number of hydrogen-bond acceptors (Lipinski definition) is 2. The molecule has 2 atom stereocenters. The van der Waals surface area contributed by atoms with E-state index >= 15 is 0 Å². The van der Waals surface area contributed by atoms with E-state index in [0.717, 1.165) is 0 Å². The summed E-state index contributed by atoms with van der Waals surface area (Å²) >= 11 is 17.0. The molecule has 1 aliphatic rings. The van der Waals surface area contributed by atoms with Crippen molar-refractivity contribution in [3.05, 3.63) is 21.7 Å². The van der Waals surface area contributed by atoms with Gasteiger partial charge in [0.1, 0.15) is 4.49 Å². The molecule has 0 heterocycles. The molecule has 2 nitrogen and oxygen atoms in total. The van der Waals surface area contributed by atoms with Gasteiger partial charge < -0.3 is 4.74 Å². The summed E-state index contributed by atoms with van der Waals surface area (Å²) in [6.07, 6.45) is 3.25. The average molecular weight is 298 g/mol. The summed E-state index contributed by atoms with van der Waals surface area (Å²) in [5.74, 6) is -0.249. The highest BCUT2D eigenvalue weighted by Crippen LogP contribution is 2.60. The van der Waals surface area contributed by atoms with Crippen LogP contribution < -0.4 is 0 Å². The molecular formula is C12H15Cl3O2. The summed E-state index contributed by atoms with van der Waals surface area (Å²) in [5, 5.41) is 0.440. The predicted molar refractivity (Wildman–Crippen MR) is 71.1 cm³/mol.